The monoisotopic (exact) mass is 614 g/mol. The number of halogens is 3. The molecule has 2 N–H and O–H groups in total. The van der Waals surface area contributed by atoms with Crippen LogP contribution in [0.5, 0.6) is 5.75 Å². The minimum Gasteiger partial charge on any atom is -0.497 e. The van der Waals surface area contributed by atoms with Crippen molar-refractivity contribution in [2.45, 2.75) is 51.5 Å². The first-order valence-corrected chi connectivity index (χ1v) is 15.4. The number of hydrogen-bond acceptors (Lipinski definition) is 7. The number of likely N-dealkylation sites (tertiary alicyclic amines) is 1. The fraction of sp³-hybridized carbons (Fsp3) is 0.515. The summed E-state index contributed by atoms with van der Waals surface area (Å²) in [5.74, 6) is -2.58. The maximum atomic E-state index is 14.0. The summed E-state index contributed by atoms with van der Waals surface area (Å²) in [6.07, 6.45) is 5.92. The Morgan fingerprint density at radius 3 is 2.52 bits per heavy atom. The van der Waals surface area contributed by atoms with Crippen LogP contribution >= 0.6 is 0 Å². The molecule has 2 fully saturated rings. The van der Waals surface area contributed by atoms with E-state index in [1.54, 1.807) is 7.11 Å². The molecule has 0 saturated carbocycles. The number of carbonyl (C=O) groups excluding carboxylic acids is 1. The summed E-state index contributed by atoms with van der Waals surface area (Å²) in [4.78, 5) is 22.3. The van der Waals surface area contributed by atoms with Crippen LogP contribution < -0.4 is 10.2 Å². The number of nitrogens with zero attached hydrogens (tertiary/aromatic N) is 3. The van der Waals surface area contributed by atoms with Gasteiger partial charge in [0.2, 0.25) is 5.91 Å². The number of aryl methyl sites for hydroxylation is 2. The molecule has 3 heterocycles. The number of methoxy groups -OCH3 is 1. The van der Waals surface area contributed by atoms with E-state index in [1.165, 1.54) is 5.56 Å². The fourth-order valence-electron chi connectivity index (χ4n) is 6.63. The zero-order chi connectivity index (χ0) is 31.1. The number of hydroxylamine groups is 1. The zero-order valence-corrected chi connectivity index (χ0v) is 25.2. The topological polar surface area (TPSA) is 87.2 Å². The van der Waals surface area contributed by atoms with E-state index in [1.807, 2.05) is 29.9 Å². The number of hydrogen-bond donors (Lipinski definition) is 2. The molecule has 2 aliphatic heterocycles. The fourth-order valence-corrected chi connectivity index (χ4v) is 6.63. The van der Waals surface area contributed by atoms with Crippen LogP contribution in [-0.2, 0) is 28.9 Å². The molecule has 0 aliphatic carbocycles. The molecule has 238 valence electrons. The van der Waals surface area contributed by atoms with E-state index >= 15 is 0 Å². The Labute approximate surface area is 256 Å². The molecule has 5 rings (SSSR count). The van der Waals surface area contributed by atoms with E-state index in [4.69, 9.17) is 14.5 Å². The van der Waals surface area contributed by atoms with Gasteiger partial charge in [-0.05, 0) is 106 Å². The molecule has 2 aliphatic rings. The molecule has 0 bridgehead atoms. The highest BCUT2D eigenvalue weighted by Crippen LogP contribution is 2.38. The first-order chi connectivity index (χ1) is 21.3. The summed E-state index contributed by atoms with van der Waals surface area (Å²) in [7, 11) is 1.65. The quantitative estimate of drug-likeness (QED) is 0.168. The van der Waals surface area contributed by atoms with Gasteiger partial charge in [0.25, 0.3) is 0 Å². The third-order valence-corrected chi connectivity index (χ3v) is 9.24. The van der Waals surface area contributed by atoms with Gasteiger partial charge >= 0.3 is 0 Å². The van der Waals surface area contributed by atoms with Crippen molar-refractivity contribution in [2.24, 2.45) is 5.41 Å². The van der Waals surface area contributed by atoms with Crippen LogP contribution in [0.1, 0.15) is 48.8 Å². The number of benzene rings is 2. The number of piperidine rings is 1. The number of aromatic nitrogens is 1. The summed E-state index contributed by atoms with van der Waals surface area (Å²) in [5.41, 5.74) is 4.47. The highest BCUT2D eigenvalue weighted by molar-refractivity contribution is 5.85. The van der Waals surface area contributed by atoms with Gasteiger partial charge in [-0.15, -0.1) is 0 Å². The van der Waals surface area contributed by atoms with E-state index in [0.29, 0.717) is 64.6 Å². The number of pyridine rings is 1. The number of amides is 1. The van der Waals surface area contributed by atoms with Crippen molar-refractivity contribution in [2.75, 3.05) is 53.0 Å². The lowest BCUT2D eigenvalue weighted by Gasteiger charge is -2.40. The summed E-state index contributed by atoms with van der Waals surface area (Å²) in [6, 6.07) is 7.49. The highest BCUT2D eigenvalue weighted by atomic mass is 19.2. The van der Waals surface area contributed by atoms with Crippen LogP contribution in [0.15, 0.2) is 36.5 Å². The van der Waals surface area contributed by atoms with E-state index < -0.39 is 22.9 Å². The van der Waals surface area contributed by atoms with E-state index in [2.05, 4.69) is 9.80 Å². The van der Waals surface area contributed by atoms with Crippen LogP contribution in [0.4, 0.5) is 13.2 Å². The molecule has 8 nitrogen and oxygen atoms in total. The number of morpholine rings is 1. The molecule has 0 spiro atoms. The maximum absolute atomic E-state index is 14.0. The number of rotatable bonds is 12. The second-order valence-corrected chi connectivity index (χ2v) is 11.9. The minimum atomic E-state index is -1.18. The van der Waals surface area contributed by atoms with E-state index in [9.17, 15) is 23.2 Å². The second kappa shape index (κ2) is 14.7. The normalized spacial score (nSPS) is 17.6. The van der Waals surface area contributed by atoms with Crippen molar-refractivity contribution in [1.82, 2.24) is 20.3 Å². The van der Waals surface area contributed by atoms with Crippen molar-refractivity contribution >= 4 is 16.8 Å². The van der Waals surface area contributed by atoms with Crippen molar-refractivity contribution in [1.29, 1.82) is 0 Å². The van der Waals surface area contributed by atoms with Gasteiger partial charge in [-0.2, -0.15) is 0 Å². The SMILES string of the molecule is COc1ccc2ncc(CN3CCOCC3)c(CCCC3(C(=O)NO)CCN(CCCc4cc(F)cc(F)c4F)CC3)c2c1. The Balaban J connectivity index is 1.24. The standard InChI is InChI=1S/C33H41F3N4O4/c1-43-26-6-7-30-28(20-26)27(24(21-37-30)22-40-14-16-44-17-15-40)5-2-8-33(32(41)38-42)9-12-39(13-10-33)11-3-4-23-18-25(34)19-29(35)31(23)36/h6-7,18-21,42H,2-5,8-17,22H2,1H3,(H,38,41). The van der Waals surface area contributed by atoms with Crippen LogP contribution in [0.2, 0.25) is 0 Å². The molecule has 0 unspecified atom stereocenters. The smallest absolute Gasteiger partial charge is 0.249 e. The molecule has 0 atom stereocenters. The van der Waals surface area contributed by atoms with Crippen LogP contribution in [0, 0.1) is 22.9 Å². The third-order valence-electron chi connectivity index (χ3n) is 9.24. The molecule has 11 heteroatoms. The lowest BCUT2D eigenvalue weighted by atomic mass is 9.73. The second-order valence-electron chi connectivity index (χ2n) is 11.9. The summed E-state index contributed by atoms with van der Waals surface area (Å²) >= 11 is 0. The zero-order valence-electron chi connectivity index (χ0n) is 25.2. The van der Waals surface area contributed by atoms with Crippen molar-refractivity contribution in [3.05, 3.63) is 70.7 Å². The first kappa shape index (κ1) is 32.2. The summed E-state index contributed by atoms with van der Waals surface area (Å²) < 4.78 is 52.2. The number of ether oxygens (including phenoxy) is 2. The van der Waals surface area contributed by atoms with Crippen LogP contribution in [0.3, 0.4) is 0 Å². The summed E-state index contributed by atoms with van der Waals surface area (Å²) in [6.45, 7) is 5.78. The largest absolute Gasteiger partial charge is 0.497 e. The molecular weight excluding hydrogens is 573 g/mol. The molecule has 0 radical (unpaired) electrons. The van der Waals surface area contributed by atoms with E-state index in [-0.39, 0.29) is 17.9 Å². The Morgan fingerprint density at radius 1 is 1.02 bits per heavy atom. The Morgan fingerprint density at radius 2 is 1.80 bits per heavy atom. The maximum Gasteiger partial charge on any atom is 0.249 e. The molecule has 2 aromatic carbocycles. The van der Waals surface area contributed by atoms with Gasteiger partial charge in [-0.1, -0.05) is 0 Å². The number of fused-ring (bicyclic) bond motifs is 1. The average Bonchev–Trinajstić information content (AvgIpc) is 3.04. The Bertz CT molecular complexity index is 1440. The number of nitrogens with one attached hydrogen (secondary N) is 1. The van der Waals surface area contributed by atoms with Crippen molar-refractivity contribution < 1.29 is 32.6 Å². The molecule has 2 saturated heterocycles. The predicted octanol–water partition coefficient (Wildman–Crippen LogP) is 5.04. The molecular formula is C33H41F3N4O4. The van der Waals surface area contributed by atoms with Crippen LogP contribution in [0.25, 0.3) is 10.9 Å². The number of carbonyl (C=O) groups is 1. The highest BCUT2D eigenvalue weighted by Gasteiger charge is 2.40. The van der Waals surface area contributed by atoms with Gasteiger partial charge in [0, 0.05) is 37.3 Å². The lowest BCUT2D eigenvalue weighted by molar-refractivity contribution is -0.143. The van der Waals surface area contributed by atoms with Gasteiger partial charge in [-0.25, -0.2) is 18.7 Å². The molecule has 3 aromatic rings. The van der Waals surface area contributed by atoms with Gasteiger partial charge < -0.3 is 14.4 Å². The molecule has 1 amide bonds. The average molecular weight is 615 g/mol. The van der Waals surface area contributed by atoms with Gasteiger partial charge in [0.1, 0.15) is 11.6 Å². The minimum absolute atomic E-state index is 0.0303. The van der Waals surface area contributed by atoms with Gasteiger partial charge in [0.15, 0.2) is 11.6 Å². The Kier molecular flexibility index (Phi) is 10.7. The van der Waals surface area contributed by atoms with Crippen molar-refractivity contribution in [3.63, 3.8) is 0 Å². The van der Waals surface area contributed by atoms with Gasteiger partial charge in [-0.3, -0.25) is 19.9 Å². The predicted molar refractivity (Wildman–Crippen MR) is 160 cm³/mol. The lowest BCUT2D eigenvalue weighted by Crippen LogP contribution is -2.48. The van der Waals surface area contributed by atoms with Crippen molar-refractivity contribution in [3.8, 4) is 5.75 Å². The molecule has 44 heavy (non-hydrogen) atoms. The van der Waals surface area contributed by atoms with Crippen LogP contribution in [-0.4, -0.2) is 78.9 Å². The van der Waals surface area contributed by atoms with E-state index in [0.717, 1.165) is 60.8 Å². The van der Waals surface area contributed by atoms with Gasteiger partial charge in [0.05, 0.1) is 31.3 Å². The third kappa shape index (κ3) is 7.51. The first-order valence-electron chi connectivity index (χ1n) is 15.4. The summed E-state index contributed by atoms with van der Waals surface area (Å²) in [5, 5.41) is 10.7. The Hall–Kier alpha value is -3.25. The molecule has 1 aromatic heterocycles.